The van der Waals surface area contributed by atoms with E-state index in [1.807, 2.05) is 0 Å². The second kappa shape index (κ2) is 6.52. The minimum absolute atomic E-state index is 0.0705. The first-order valence-electron chi connectivity index (χ1n) is 7.14. The van der Waals surface area contributed by atoms with Gasteiger partial charge in [-0.05, 0) is 32.0 Å². The van der Waals surface area contributed by atoms with E-state index >= 15 is 0 Å². The molecule has 24 heavy (non-hydrogen) atoms. The number of amides is 1. The van der Waals surface area contributed by atoms with Crippen molar-refractivity contribution in [2.75, 3.05) is 17.1 Å². The van der Waals surface area contributed by atoms with Gasteiger partial charge in [0.1, 0.15) is 10.6 Å². The van der Waals surface area contributed by atoms with E-state index in [0.717, 1.165) is 0 Å². The number of carbonyl (C=O) groups is 1. The molecule has 8 nitrogen and oxygen atoms in total. The monoisotopic (exact) mass is 352 g/mol. The Labute approximate surface area is 140 Å². The lowest BCUT2D eigenvalue weighted by atomic mass is 10.3. The predicted octanol–water partition coefficient (Wildman–Crippen LogP) is 1.80. The van der Waals surface area contributed by atoms with E-state index < -0.39 is 10.0 Å². The second-order valence-corrected chi connectivity index (χ2v) is 6.97. The van der Waals surface area contributed by atoms with Gasteiger partial charge in [-0.2, -0.15) is 5.10 Å². The number of sulfonamides is 1. The SMILES string of the molecule is COc1ccc(NC(C)=O)cc1S(=O)(=O)Nc1c(C)nn(C)c1C. The highest BCUT2D eigenvalue weighted by Crippen LogP contribution is 2.30. The standard InChI is InChI=1S/C15H20N4O4S/c1-9-15(10(2)19(4)17-9)18-24(21,22)14-8-12(16-11(3)20)6-7-13(14)23-5/h6-8,18H,1-5H3,(H,16,20). The van der Waals surface area contributed by atoms with Crippen LogP contribution in [0.5, 0.6) is 5.75 Å². The van der Waals surface area contributed by atoms with Crippen LogP contribution in [-0.2, 0) is 21.9 Å². The van der Waals surface area contributed by atoms with Gasteiger partial charge in [-0.1, -0.05) is 0 Å². The largest absolute Gasteiger partial charge is 0.495 e. The van der Waals surface area contributed by atoms with Crippen LogP contribution in [0.15, 0.2) is 23.1 Å². The van der Waals surface area contributed by atoms with E-state index in [4.69, 9.17) is 4.74 Å². The molecule has 0 aliphatic rings. The zero-order valence-corrected chi connectivity index (χ0v) is 15.0. The molecule has 0 fully saturated rings. The number of methoxy groups -OCH3 is 1. The Bertz CT molecular complexity index is 887. The number of aryl methyl sites for hydroxylation is 2. The molecule has 0 radical (unpaired) electrons. The highest BCUT2D eigenvalue weighted by atomic mass is 32.2. The topological polar surface area (TPSA) is 102 Å². The molecule has 2 rings (SSSR count). The zero-order valence-electron chi connectivity index (χ0n) is 14.2. The number of nitrogens with one attached hydrogen (secondary N) is 2. The third-order valence-electron chi connectivity index (χ3n) is 3.52. The molecular weight excluding hydrogens is 332 g/mol. The molecule has 1 aromatic heterocycles. The molecule has 0 bridgehead atoms. The van der Waals surface area contributed by atoms with Gasteiger partial charge >= 0.3 is 0 Å². The first-order chi connectivity index (χ1) is 11.2. The molecule has 0 atom stereocenters. The summed E-state index contributed by atoms with van der Waals surface area (Å²) in [6, 6.07) is 4.41. The predicted molar refractivity (Wildman–Crippen MR) is 90.8 cm³/mol. The Balaban J connectivity index is 2.49. The number of aromatic nitrogens is 2. The summed E-state index contributed by atoms with van der Waals surface area (Å²) in [6.07, 6.45) is 0. The van der Waals surface area contributed by atoms with Gasteiger partial charge in [0.2, 0.25) is 5.91 Å². The number of hydrogen-bond acceptors (Lipinski definition) is 5. The maximum absolute atomic E-state index is 12.8. The zero-order chi connectivity index (χ0) is 18.1. The van der Waals surface area contributed by atoms with Gasteiger partial charge in [0.05, 0.1) is 24.2 Å². The van der Waals surface area contributed by atoms with Crippen LogP contribution in [0, 0.1) is 13.8 Å². The van der Waals surface area contributed by atoms with Gasteiger partial charge in [-0.3, -0.25) is 14.2 Å². The van der Waals surface area contributed by atoms with Crippen molar-refractivity contribution in [1.29, 1.82) is 0 Å². The summed E-state index contributed by atoms with van der Waals surface area (Å²) < 4.78 is 34.9. The molecule has 0 saturated heterocycles. The Hall–Kier alpha value is -2.55. The van der Waals surface area contributed by atoms with Crippen LogP contribution in [0.25, 0.3) is 0 Å². The second-order valence-electron chi connectivity index (χ2n) is 5.32. The van der Waals surface area contributed by atoms with Gasteiger partial charge in [0, 0.05) is 19.7 Å². The molecule has 0 spiro atoms. The van der Waals surface area contributed by atoms with Crippen molar-refractivity contribution < 1.29 is 17.9 Å². The van der Waals surface area contributed by atoms with Gasteiger partial charge in [-0.25, -0.2) is 8.42 Å². The molecule has 0 aliphatic carbocycles. The number of carbonyl (C=O) groups excluding carboxylic acids is 1. The van der Waals surface area contributed by atoms with Crippen LogP contribution >= 0.6 is 0 Å². The van der Waals surface area contributed by atoms with Crippen molar-refractivity contribution in [1.82, 2.24) is 9.78 Å². The van der Waals surface area contributed by atoms with Crippen LogP contribution in [0.3, 0.4) is 0 Å². The molecule has 130 valence electrons. The average Bonchev–Trinajstić information content (AvgIpc) is 2.73. The Morgan fingerprint density at radius 1 is 1.29 bits per heavy atom. The maximum atomic E-state index is 12.8. The lowest BCUT2D eigenvalue weighted by Gasteiger charge is -2.13. The first-order valence-corrected chi connectivity index (χ1v) is 8.62. The van der Waals surface area contributed by atoms with Crippen LogP contribution in [0.1, 0.15) is 18.3 Å². The molecule has 0 saturated carbocycles. The van der Waals surface area contributed by atoms with Crippen LogP contribution in [0.2, 0.25) is 0 Å². The van der Waals surface area contributed by atoms with Crippen molar-refractivity contribution in [2.24, 2.45) is 7.05 Å². The number of rotatable bonds is 5. The van der Waals surface area contributed by atoms with Gasteiger partial charge < -0.3 is 10.1 Å². The normalized spacial score (nSPS) is 11.2. The number of nitrogens with zero attached hydrogens (tertiary/aromatic N) is 2. The minimum Gasteiger partial charge on any atom is -0.495 e. The number of benzene rings is 1. The van der Waals surface area contributed by atoms with Crippen molar-refractivity contribution >= 4 is 27.3 Å². The fraction of sp³-hybridized carbons (Fsp3) is 0.333. The summed E-state index contributed by atoms with van der Waals surface area (Å²) in [5.74, 6) is -0.119. The van der Waals surface area contributed by atoms with Gasteiger partial charge in [0.25, 0.3) is 10.0 Å². The highest BCUT2D eigenvalue weighted by Gasteiger charge is 2.23. The van der Waals surface area contributed by atoms with E-state index in [2.05, 4.69) is 15.1 Å². The van der Waals surface area contributed by atoms with E-state index in [1.165, 1.54) is 26.2 Å². The fourth-order valence-electron chi connectivity index (χ4n) is 2.28. The Morgan fingerprint density at radius 2 is 1.96 bits per heavy atom. The van der Waals surface area contributed by atoms with Crippen LogP contribution in [0.4, 0.5) is 11.4 Å². The van der Waals surface area contributed by atoms with Crippen molar-refractivity contribution in [3.05, 3.63) is 29.6 Å². The fourth-order valence-corrected chi connectivity index (χ4v) is 3.65. The summed E-state index contributed by atoms with van der Waals surface area (Å²) in [5, 5.41) is 6.75. The summed E-state index contributed by atoms with van der Waals surface area (Å²) in [7, 11) is -0.809. The molecule has 1 heterocycles. The molecule has 0 aliphatic heterocycles. The van der Waals surface area contributed by atoms with Crippen LogP contribution in [-0.4, -0.2) is 31.2 Å². The Kier molecular flexibility index (Phi) is 4.83. The summed E-state index contributed by atoms with van der Waals surface area (Å²) >= 11 is 0. The van der Waals surface area contributed by atoms with E-state index in [1.54, 1.807) is 31.6 Å². The Morgan fingerprint density at radius 3 is 2.46 bits per heavy atom. The lowest BCUT2D eigenvalue weighted by molar-refractivity contribution is -0.114. The van der Waals surface area contributed by atoms with Crippen molar-refractivity contribution in [3.63, 3.8) is 0 Å². The quantitative estimate of drug-likeness (QED) is 0.854. The van der Waals surface area contributed by atoms with E-state index in [9.17, 15) is 13.2 Å². The summed E-state index contributed by atoms with van der Waals surface area (Å²) in [6.45, 7) is 4.83. The minimum atomic E-state index is -3.93. The molecule has 0 unspecified atom stereocenters. The number of hydrogen-bond donors (Lipinski definition) is 2. The maximum Gasteiger partial charge on any atom is 0.265 e. The smallest absolute Gasteiger partial charge is 0.265 e. The number of anilines is 2. The highest BCUT2D eigenvalue weighted by molar-refractivity contribution is 7.92. The number of ether oxygens (including phenoxy) is 1. The molecule has 1 aromatic carbocycles. The van der Waals surface area contributed by atoms with E-state index in [0.29, 0.717) is 22.8 Å². The molecule has 1 amide bonds. The third-order valence-corrected chi connectivity index (χ3v) is 4.89. The first kappa shape index (κ1) is 17.8. The van der Waals surface area contributed by atoms with E-state index in [-0.39, 0.29) is 16.6 Å². The van der Waals surface area contributed by atoms with Crippen molar-refractivity contribution in [2.45, 2.75) is 25.7 Å². The molecule has 9 heteroatoms. The summed E-state index contributed by atoms with van der Waals surface area (Å²) in [4.78, 5) is 11.1. The molecular formula is C15H20N4O4S. The average molecular weight is 352 g/mol. The lowest BCUT2D eigenvalue weighted by Crippen LogP contribution is -2.16. The molecule has 2 N–H and O–H groups in total. The third kappa shape index (κ3) is 3.51. The van der Waals surface area contributed by atoms with Gasteiger partial charge in [-0.15, -0.1) is 0 Å². The van der Waals surface area contributed by atoms with Crippen molar-refractivity contribution in [3.8, 4) is 5.75 Å². The molecule has 2 aromatic rings. The van der Waals surface area contributed by atoms with Crippen LogP contribution < -0.4 is 14.8 Å². The van der Waals surface area contributed by atoms with Gasteiger partial charge in [0.15, 0.2) is 0 Å². The summed E-state index contributed by atoms with van der Waals surface area (Å²) in [5.41, 5.74) is 2.04.